The Balaban J connectivity index is 1.28. The number of likely N-dealkylation sites (tertiary alicyclic amines) is 1. The van der Waals surface area contributed by atoms with E-state index in [0.717, 1.165) is 67.3 Å². The molecule has 1 aliphatic heterocycles. The highest BCUT2D eigenvalue weighted by molar-refractivity contribution is 5.86. The van der Waals surface area contributed by atoms with Crippen LogP contribution in [0.3, 0.4) is 0 Å². The molecule has 4 rings (SSSR count). The van der Waals surface area contributed by atoms with Crippen molar-refractivity contribution in [1.29, 1.82) is 5.41 Å². The third kappa shape index (κ3) is 6.20. The van der Waals surface area contributed by atoms with Crippen LogP contribution in [0.25, 0.3) is 11.3 Å². The van der Waals surface area contributed by atoms with Crippen molar-refractivity contribution >= 4 is 17.8 Å². The summed E-state index contributed by atoms with van der Waals surface area (Å²) in [6.45, 7) is 5.25. The first-order valence-electron chi connectivity index (χ1n) is 11.3. The first-order valence-corrected chi connectivity index (χ1v) is 11.3. The summed E-state index contributed by atoms with van der Waals surface area (Å²) >= 11 is 0. The molecule has 0 spiro atoms. The molecule has 0 radical (unpaired) electrons. The fourth-order valence-electron chi connectivity index (χ4n) is 4.08. The van der Waals surface area contributed by atoms with Crippen LogP contribution in [-0.4, -0.2) is 59.4 Å². The van der Waals surface area contributed by atoms with Gasteiger partial charge in [-0.25, -0.2) is 0 Å². The van der Waals surface area contributed by atoms with Crippen LogP contribution in [0.1, 0.15) is 25.3 Å². The molecule has 1 aliphatic rings. The number of amides is 1. The number of piperidine rings is 1. The van der Waals surface area contributed by atoms with Gasteiger partial charge in [-0.15, -0.1) is 0 Å². The molecule has 0 bridgehead atoms. The summed E-state index contributed by atoms with van der Waals surface area (Å²) in [6.07, 6.45) is 5.04. The molecule has 2 aromatic carbocycles. The van der Waals surface area contributed by atoms with Crippen molar-refractivity contribution < 1.29 is 9.53 Å². The predicted molar refractivity (Wildman–Crippen MR) is 130 cm³/mol. The number of hydrogen-bond donors (Lipinski definition) is 4. The van der Waals surface area contributed by atoms with Crippen LogP contribution in [0.15, 0.2) is 54.7 Å². The Hall–Kier alpha value is -3.65. The Morgan fingerprint density at radius 2 is 1.94 bits per heavy atom. The lowest BCUT2D eigenvalue weighted by molar-refractivity contribution is -0.119. The van der Waals surface area contributed by atoms with Crippen LogP contribution in [0.5, 0.6) is 11.5 Å². The van der Waals surface area contributed by atoms with Crippen LogP contribution >= 0.6 is 0 Å². The van der Waals surface area contributed by atoms with Crippen molar-refractivity contribution in [1.82, 2.24) is 20.4 Å². The van der Waals surface area contributed by atoms with Gasteiger partial charge in [0.1, 0.15) is 11.5 Å². The third-order valence-corrected chi connectivity index (χ3v) is 5.82. The Morgan fingerprint density at radius 3 is 2.61 bits per heavy atom. The first kappa shape index (κ1) is 22.5. The number of H-pyrrole nitrogens is 1. The molecule has 1 aromatic heterocycles. The predicted octanol–water partition coefficient (Wildman–Crippen LogP) is 3.88. The SMILES string of the molecule is CC(=O)NC1CCN(CCNc2ccc(Oc3ccc(-c4ccn[nH]4)cc3)cc2C=N)CC1. The minimum Gasteiger partial charge on any atom is -0.457 e. The van der Waals surface area contributed by atoms with Gasteiger partial charge >= 0.3 is 0 Å². The largest absolute Gasteiger partial charge is 0.457 e. The van der Waals surface area contributed by atoms with E-state index in [1.807, 2.05) is 48.5 Å². The van der Waals surface area contributed by atoms with Crippen molar-refractivity contribution in [3.63, 3.8) is 0 Å². The molecular weight excluding hydrogens is 416 g/mol. The summed E-state index contributed by atoms with van der Waals surface area (Å²) in [5.41, 5.74) is 3.70. The monoisotopic (exact) mass is 446 g/mol. The molecule has 0 saturated carbocycles. The summed E-state index contributed by atoms with van der Waals surface area (Å²) in [5, 5.41) is 21.2. The Bertz CT molecular complexity index is 1060. The minimum atomic E-state index is 0.0489. The second-order valence-electron chi connectivity index (χ2n) is 8.23. The molecule has 0 unspecified atom stereocenters. The number of carbonyl (C=O) groups is 1. The molecule has 4 N–H and O–H groups in total. The molecule has 1 fully saturated rings. The zero-order chi connectivity index (χ0) is 23.0. The van der Waals surface area contributed by atoms with Crippen LogP contribution in [0.2, 0.25) is 0 Å². The van der Waals surface area contributed by atoms with Gasteiger partial charge in [0.25, 0.3) is 0 Å². The number of hydrogen-bond acceptors (Lipinski definition) is 6. The molecule has 2 heterocycles. The highest BCUT2D eigenvalue weighted by atomic mass is 16.5. The van der Waals surface area contributed by atoms with Gasteiger partial charge in [0, 0.05) is 62.8 Å². The molecule has 1 saturated heterocycles. The minimum absolute atomic E-state index is 0.0489. The topological polar surface area (TPSA) is 106 Å². The lowest BCUT2D eigenvalue weighted by Crippen LogP contribution is -2.45. The van der Waals surface area contributed by atoms with Gasteiger partial charge in [-0.2, -0.15) is 5.10 Å². The van der Waals surface area contributed by atoms with Gasteiger partial charge in [0.2, 0.25) is 5.91 Å². The molecule has 172 valence electrons. The number of aromatic nitrogens is 2. The van der Waals surface area contributed by atoms with Crippen molar-refractivity contribution in [3.8, 4) is 22.8 Å². The zero-order valence-electron chi connectivity index (χ0n) is 18.8. The van der Waals surface area contributed by atoms with E-state index < -0.39 is 0 Å². The van der Waals surface area contributed by atoms with Crippen molar-refractivity contribution in [2.75, 3.05) is 31.5 Å². The molecule has 0 atom stereocenters. The standard InChI is InChI=1S/C25H30N6O2/c1-18(32)29-21-9-13-31(14-10-21)15-12-27-24-7-6-23(16-20(24)17-26)33-22-4-2-19(3-5-22)25-8-11-28-30-25/h2-8,11,16-17,21,26-27H,9-10,12-15H2,1H3,(H,28,30)(H,29,32). The Labute approximate surface area is 193 Å². The summed E-state index contributed by atoms with van der Waals surface area (Å²) in [7, 11) is 0. The average molecular weight is 447 g/mol. The average Bonchev–Trinajstić information content (AvgIpc) is 3.36. The number of benzene rings is 2. The maximum Gasteiger partial charge on any atom is 0.217 e. The molecular formula is C25H30N6O2. The van der Waals surface area contributed by atoms with E-state index >= 15 is 0 Å². The van der Waals surface area contributed by atoms with Gasteiger partial charge in [-0.05, 0) is 66.9 Å². The van der Waals surface area contributed by atoms with Gasteiger partial charge in [0.15, 0.2) is 0 Å². The number of ether oxygens (including phenoxy) is 1. The molecule has 1 amide bonds. The quantitative estimate of drug-likeness (QED) is 0.373. The maximum atomic E-state index is 11.2. The van der Waals surface area contributed by atoms with E-state index in [4.69, 9.17) is 10.1 Å². The van der Waals surface area contributed by atoms with Crippen molar-refractivity contribution in [2.45, 2.75) is 25.8 Å². The van der Waals surface area contributed by atoms with E-state index in [-0.39, 0.29) is 5.91 Å². The molecule has 33 heavy (non-hydrogen) atoms. The van der Waals surface area contributed by atoms with E-state index in [1.54, 1.807) is 13.1 Å². The maximum absolute atomic E-state index is 11.2. The number of aromatic amines is 1. The number of carbonyl (C=O) groups excluding carboxylic acids is 1. The summed E-state index contributed by atoms with van der Waals surface area (Å²) in [6, 6.07) is 15.8. The first-order chi connectivity index (χ1) is 16.1. The Kier molecular flexibility index (Phi) is 7.36. The lowest BCUT2D eigenvalue weighted by atomic mass is 10.1. The number of nitrogens with one attached hydrogen (secondary N) is 4. The number of rotatable bonds is 9. The van der Waals surface area contributed by atoms with Crippen LogP contribution in [-0.2, 0) is 4.79 Å². The van der Waals surface area contributed by atoms with E-state index in [1.165, 1.54) is 6.21 Å². The molecule has 8 nitrogen and oxygen atoms in total. The Morgan fingerprint density at radius 1 is 1.18 bits per heavy atom. The van der Waals surface area contributed by atoms with E-state index in [9.17, 15) is 4.79 Å². The molecule has 8 heteroatoms. The fourth-order valence-corrected chi connectivity index (χ4v) is 4.08. The van der Waals surface area contributed by atoms with Gasteiger partial charge in [-0.3, -0.25) is 9.89 Å². The van der Waals surface area contributed by atoms with Crippen LogP contribution in [0.4, 0.5) is 5.69 Å². The number of anilines is 1. The van der Waals surface area contributed by atoms with Crippen LogP contribution < -0.4 is 15.4 Å². The van der Waals surface area contributed by atoms with E-state index in [2.05, 4.69) is 25.7 Å². The van der Waals surface area contributed by atoms with Gasteiger partial charge in [0.05, 0.1) is 5.69 Å². The van der Waals surface area contributed by atoms with Crippen molar-refractivity contribution in [3.05, 3.63) is 60.3 Å². The van der Waals surface area contributed by atoms with Gasteiger partial charge < -0.3 is 25.7 Å². The lowest BCUT2D eigenvalue weighted by Gasteiger charge is -2.32. The number of nitrogens with zero attached hydrogens (tertiary/aromatic N) is 2. The molecule has 3 aromatic rings. The summed E-state index contributed by atoms with van der Waals surface area (Å²) < 4.78 is 5.99. The molecule has 0 aliphatic carbocycles. The van der Waals surface area contributed by atoms with Crippen LogP contribution in [0, 0.1) is 5.41 Å². The van der Waals surface area contributed by atoms with Crippen molar-refractivity contribution in [2.24, 2.45) is 0 Å². The second kappa shape index (κ2) is 10.8. The van der Waals surface area contributed by atoms with Gasteiger partial charge in [-0.1, -0.05) is 0 Å². The smallest absolute Gasteiger partial charge is 0.217 e. The summed E-state index contributed by atoms with van der Waals surface area (Å²) in [4.78, 5) is 13.6. The summed E-state index contributed by atoms with van der Waals surface area (Å²) in [5.74, 6) is 1.47. The highest BCUT2D eigenvalue weighted by Crippen LogP contribution is 2.27. The van der Waals surface area contributed by atoms with E-state index in [0.29, 0.717) is 11.8 Å². The fraction of sp³-hybridized carbons (Fsp3) is 0.320. The highest BCUT2D eigenvalue weighted by Gasteiger charge is 2.19. The second-order valence-corrected chi connectivity index (χ2v) is 8.23. The normalized spacial score (nSPS) is 14.6. The zero-order valence-corrected chi connectivity index (χ0v) is 18.8. The third-order valence-electron chi connectivity index (χ3n) is 5.82.